The Balaban J connectivity index is 0.00000225. The number of ether oxygens (including phenoxy) is 1. The van der Waals surface area contributed by atoms with Gasteiger partial charge in [-0.2, -0.15) is 0 Å². The molecule has 1 aliphatic rings. The maximum atomic E-state index is 11.9. The zero-order valence-corrected chi connectivity index (χ0v) is 15.2. The molecule has 0 N–H and O–H groups in total. The predicted molar refractivity (Wildman–Crippen MR) is 91.7 cm³/mol. The average molecular weight is 364 g/mol. The van der Waals surface area contributed by atoms with Crippen molar-refractivity contribution in [1.82, 2.24) is 9.80 Å². The average Bonchev–Trinajstić information content (AvgIpc) is 3.12. The van der Waals surface area contributed by atoms with Gasteiger partial charge in [-0.25, -0.2) is 4.79 Å². The maximum absolute atomic E-state index is 11.9. The van der Waals surface area contributed by atoms with E-state index in [1.54, 1.807) is 12.1 Å². The van der Waals surface area contributed by atoms with Gasteiger partial charge in [-0.05, 0) is 24.6 Å². The van der Waals surface area contributed by atoms with E-state index in [-0.39, 0.29) is 24.3 Å². The van der Waals surface area contributed by atoms with Gasteiger partial charge in [0.05, 0.1) is 6.26 Å². The van der Waals surface area contributed by atoms with Crippen LogP contribution in [0.4, 0.5) is 0 Å². The summed E-state index contributed by atoms with van der Waals surface area (Å²) >= 11 is 0. The molecule has 1 unspecified atom stereocenters. The molecule has 6 heteroatoms. The second-order valence-corrected chi connectivity index (χ2v) is 6.26. The minimum absolute atomic E-state index is 0. The minimum atomic E-state index is -0.393. The van der Waals surface area contributed by atoms with Gasteiger partial charge in [0, 0.05) is 39.3 Å². The molecule has 25 heavy (non-hydrogen) atoms. The number of carbonyl (C=O) groups excluding carboxylic acids is 1. The standard InChI is InChI=1S/C19H24N2O3.ClH/c1-16(24-19(22)18-8-5-13-23-18)14-20-9-11-21(12-10-20)15-17-6-3-2-4-7-17;/h2-8,13,16H,9-12,14-15H2,1H3;1H/p-1. The first-order valence-corrected chi connectivity index (χ1v) is 8.44. The molecular formula is C19H24ClN2O3-. The molecule has 0 bridgehead atoms. The Morgan fingerprint density at radius 1 is 1.08 bits per heavy atom. The Hall–Kier alpha value is -1.82. The molecule has 2 aromatic rings. The van der Waals surface area contributed by atoms with Crippen molar-refractivity contribution in [2.45, 2.75) is 19.6 Å². The first-order valence-electron chi connectivity index (χ1n) is 8.44. The van der Waals surface area contributed by atoms with Crippen molar-refractivity contribution in [2.75, 3.05) is 32.7 Å². The lowest BCUT2D eigenvalue weighted by Gasteiger charge is -2.35. The van der Waals surface area contributed by atoms with E-state index in [0.29, 0.717) is 0 Å². The number of esters is 1. The summed E-state index contributed by atoms with van der Waals surface area (Å²) < 4.78 is 10.5. The number of piperazine rings is 1. The summed E-state index contributed by atoms with van der Waals surface area (Å²) in [6.07, 6.45) is 1.33. The van der Waals surface area contributed by atoms with Gasteiger partial charge in [-0.1, -0.05) is 30.3 Å². The summed E-state index contributed by atoms with van der Waals surface area (Å²) in [6, 6.07) is 13.9. The number of nitrogens with zero attached hydrogens (tertiary/aromatic N) is 2. The lowest BCUT2D eigenvalue weighted by Crippen LogP contribution is -3.00. The van der Waals surface area contributed by atoms with Crippen molar-refractivity contribution < 1.29 is 26.4 Å². The lowest BCUT2D eigenvalue weighted by atomic mass is 10.2. The molecular weight excluding hydrogens is 340 g/mol. The number of hydrogen-bond acceptors (Lipinski definition) is 5. The monoisotopic (exact) mass is 363 g/mol. The van der Waals surface area contributed by atoms with Crippen LogP contribution < -0.4 is 12.4 Å². The fourth-order valence-corrected chi connectivity index (χ4v) is 3.01. The van der Waals surface area contributed by atoms with E-state index in [0.717, 1.165) is 39.3 Å². The van der Waals surface area contributed by atoms with Crippen LogP contribution in [0.1, 0.15) is 23.0 Å². The summed E-state index contributed by atoms with van der Waals surface area (Å²) in [5.74, 6) is -0.134. The van der Waals surface area contributed by atoms with Gasteiger partial charge in [0.15, 0.2) is 0 Å². The molecule has 1 atom stereocenters. The first kappa shape index (κ1) is 19.5. The van der Waals surface area contributed by atoms with Crippen LogP contribution in [-0.2, 0) is 11.3 Å². The molecule has 3 rings (SSSR count). The van der Waals surface area contributed by atoms with E-state index in [1.165, 1.54) is 11.8 Å². The van der Waals surface area contributed by atoms with Crippen LogP contribution in [0.25, 0.3) is 0 Å². The fraction of sp³-hybridized carbons (Fsp3) is 0.421. The van der Waals surface area contributed by atoms with Crippen LogP contribution >= 0.6 is 0 Å². The van der Waals surface area contributed by atoms with Crippen LogP contribution in [0.5, 0.6) is 0 Å². The lowest BCUT2D eigenvalue weighted by molar-refractivity contribution is -0.0000541. The van der Waals surface area contributed by atoms with Gasteiger partial charge in [0.2, 0.25) is 5.76 Å². The van der Waals surface area contributed by atoms with E-state index in [1.807, 2.05) is 13.0 Å². The summed E-state index contributed by atoms with van der Waals surface area (Å²) in [7, 11) is 0. The van der Waals surface area contributed by atoms with E-state index >= 15 is 0 Å². The Morgan fingerprint density at radius 2 is 1.76 bits per heavy atom. The third kappa shape index (κ3) is 5.88. The van der Waals surface area contributed by atoms with E-state index in [4.69, 9.17) is 9.15 Å². The van der Waals surface area contributed by atoms with Gasteiger partial charge in [-0.15, -0.1) is 0 Å². The summed E-state index contributed by atoms with van der Waals surface area (Å²) in [6.45, 7) is 7.74. The summed E-state index contributed by atoms with van der Waals surface area (Å²) in [5.41, 5.74) is 1.35. The molecule has 1 fully saturated rings. The largest absolute Gasteiger partial charge is 1.00 e. The second-order valence-electron chi connectivity index (χ2n) is 6.26. The van der Waals surface area contributed by atoms with Gasteiger partial charge in [0.1, 0.15) is 6.10 Å². The normalized spacial score (nSPS) is 16.8. The number of rotatable bonds is 6. The van der Waals surface area contributed by atoms with Crippen molar-refractivity contribution >= 4 is 5.97 Å². The SMILES string of the molecule is CC(CN1CCN(Cc2ccccc2)CC1)OC(=O)c1ccco1.[Cl-]. The zero-order valence-electron chi connectivity index (χ0n) is 14.4. The summed E-state index contributed by atoms with van der Waals surface area (Å²) in [4.78, 5) is 16.7. The quantitative estimate of drug-likeness (QED) is 0.656. The Labute approximate surface area is 155 Å². The van der Waals surface area contributed by atoms with Crippen LogP contribution in [-0.4, -0.2) is 54.6 Å². The van der Waals surface area contributed by atoms with Crippen molar-refractivity contribution in [3.05, 3.63) is 60.1 Å². The van der Waals surface area contributed by atoms with E-state index in [9.17, 15) is 4.79 Å². The van der Waals surface area contributed by atoms with Crippen molar-refractivity contribution in [3.63, 3.8) is 0 Å². The fourth-order valence-electron chi connectivity index (χ4n) is 3.01. The summed E-state index contributed by atoms with van der Waals surface area (Å²) in [5, 5.41) is 0. The smallest absolute Gasteiger partial charge is 0.374 e. The number of hydrogen-bond donors (Lipinski definition) is 0. The topological polar surface area (TPSA) is 45.9 Å². The highest BCUT2D eigenvalue weighted by Crippen LogP contribution is 2.10. The van der Waals surface area contributed by atoms with E-state index in [2.05, 4.69) is 34.1 Å². The van der Waals surface area contributed by atoms with Gasteiger partial charge < -0.3 is 21.6 Å². The highest BCUT2D eigenvalue weighted by molar-refractivity contribution is 5.86. The molecule has 2 heterocycles. The molecule has 1 saturated heterocycles. The van der Waals surface area contributed by atoms with Crippen LogP contribution in [0, 0.1) is 0 Å². The highest BCUT2D eigenvalue weighted by Gasteiger charge is 2.21. The second kappa shape index (κ2) is 9.61. The Kier molecular flexibility index (Phi) is 7.50. The molecule has 0 aliphatic carbocycles. The predicted octanol–water partition coefficient (Wildman–Crippen LogP) is -0.353. The number of furan rings is 1. The molecule has 1 aromatic heterocycles. The molecule has 1 aromatic carbocycles. The molecule has 5 nitrogen and oxygen atoms in total. The molecule has 0 saturated carbocycles. The molecule has 0 radical (unpaired) electrons. The number of benzene rings is 1. The molecule has 0 amide bonds. The van der Waals surface area contributed by atoms with Crippen molar-refractivity contribution in [1.29, 1.82) is 0 Å². The molecule has 136 valence electrons. The van der Waals surface area contributed by atoms with Gasteiger partial charge in [-0.3, -0.25) is 9.80 Å². The highest BCUT2D eigenvalue weighted by atomic mass is 35.5. The van der Waals surface area contributed by atoms with E-state index < -0.39 is 5.97 Å². The Bertz CT molecular complexity index is 625. The van der Waals surface area contributed by atoms with Crippen LogP contribution in [0.3, 0.4) is 0 Å². The zero-order chi connectivity index (χ0) is 16.8. The maximum Gasteiger partial charge on any atom is 0.374 e. The first-order chi connectivity index (χ1) is 11.7. The van der Waals surface area contributed by atoms with Gasteiger partial charge in [0.25, 0.3) is 0 Å². The van der Waals surface area contributed by atoms with Crippen molar-refractivity contribution in [2.24, 2.45) is 0 Å². The number of halogens is 1. The minimum Gasteiger partial charge on any atom is -1.00 e. The molecule has 1 aliphatic heterocycles. The van der Waals surface area contributed by atoms with Gasteiger partial charge >= 0.3 is 5.97 Å². The van der Waals surface area contributed by atoms with Crippen LogP contribution in [0.15, 0.2) is 53.1 Å². The third-order valence-corrected chi connectivity index (χ3v) is 4.26. The van der Waals surface area contributed by atoms with Crippen LogP contribution in [0.2, 0.25) is 0 Å². The molecule has 0 spiro atoms. The number of carbonyl (C=O) groups is 1. The third-order valence-electron chi connectivity index (χ3n) is 4.26. The Morgan fingerprint density at radius 3 is 2.40 bits per heavy atom. The van der Waals surface area contributed by atoms with Crippen molar-refractivity contribution in [3.8, 4) is 0 Å².